The molecule has 0 saturated heterocycles. The molecule has 0 saturated carbocycles. The molecule has 0 aliphatic carbocycles. The molecule has 2 atom stereocenters. The van der Waals surface area contributed by atoms with Gasteiger partial charge in [0, 0.05) is 4.75 Å². The van der Waals surface area contributed by atoms with Gasteiger partial charge in [0.05, 0.1) is 0 Å². The van der Waals surface area contributed by atoms with Gasteiger partial charge in [0.25, 0.3) is 0 Å². The average molecular weight is 249 g/mol. The average Bonchev–Trinajstić information content (AvgIpc) is 1.97. The minimum atomic E-state index is 0.128. The van der Waals surface area contributed by atoms with Crippen LogP contribution in [-0.2, 0) is 0 Å². The van der Waals surface area contributed by atoms with Gasteiger partial charge < -0.3 is 0 Å². The van der Waals surface area contributed by atoms with Crippen molar-refractivity contribution in [2.45, 2.75) is 59.1 Å². The summed E-state index contributed by atoms with van der Waals surface area (Å²) in [4.78, 5) is 0. The summed E-state index contributed by atoms with van der Waals surface area (Å²) in [5, 5.41) is 0. The lowest BCUT2D eigenvalue weighted by atomic mass is 9.69. The van der Waals surface area contributed by atoms with E-state index in [0.717, 1.165) is 17.6 Å². The van der Waals surface area contributed by atoms with Gasteiger partial charge in [-0.1, -0.05) is 41.5 Å². The van der Waals surface area contributed by atoms with Crippen LogP contribution in [0.4, 0.5) is 0 Å². The Hall–Kier alpha value is 0.700. The van der Waals surface area contributed by atoms with Crippen LogP contribution in [0, 0.1) is 17.3 Å². The van der Waals surface area contributed by atoms with Crippen LogP contribution in [0.3, 0.4) is 0 Å². The van der Waals surface area contributed by atoms with Crippen molar-refractivity contribution in [2.24, 2.45) is 17.3 Å². The summed E-state index contributed by atoms with van der Waals surface area (Å²) in [7, 11) is 0. The van der Waals surface area contributed by atoms with E-state index in [0.29, 0.717) is 5.41 Å². The third-order valence-corrected chi connectivity index (χ3v) is 3.54. The highest BCUT2D eigenvalue weighted by Crippen LogP contribution is 2.40. The lowest BCUT2D eigenvalue weighted by Crippen LogP contribution is -2.32. The van der Waals surface area contributed by atoms with Crippen molar-refractivity contribution in [1.29, 1.82) is 0 Å². The Morgan fingerprint density at radius 1 is 1.07 bits per heavy atom. The maximum atomic E-state index is 4.67. The zero-order chi connectivity index (χ0) is 12.3. The fraction of sp³-hybridized carbons (Fsp3) is 1.00. The molecule has 0 N–H and O–H groups in total. The van der Waals surface area contributed by atoms with Crippen molar-refractivity contribution in [3.8, 4) is 0 Å². The van der Waals surface area contributed by atoms with E-state index in [1.54, 1.807) is 0 Å². The zero-order valence-corrected chi connectivity index (χ0v) is 13.0. The minimum absolute atomic E-state index is 0.128. The van der Waals surface area contributed by atoms with Crippen LogP contribution in [-0.4, -0.2) is 10.5 Å². The molecule has 0 amide bonds. The third-order valence-electron chi connectivity index (χ3n) is 3.10. The smallest absolute Gasteiger partial charge is 0.00761 e. The zero-order valence-electron chi connectivity index (χ0n) is 11.2. The Bertz CT molecular complexity index is 174. The fourth-order valence-corrected chi connectivity index (χ4v) is 2.91. The lowest BCUT2D eigenvalue weighted by molar-refractivity contribution is 0.143. The van der Waals surface area contributed by atoms with Gasteiger partial charge in [-0.05, 0) is 35.8 Å². The molecule has 0 spiro atoms. The molecule has 0 heterocycles. The molecule has 0 bridgehead atoms. The summed E-state index contributed by atoms with van der Waals surface area (Å²) in [5.41, 5.74) is 0.363. The minimum Gasteiger partial charge on any atom is -0.179 e. The summed E-state index contributed by atoms with van der Waals surface area (Å²) in [6.07, 6.45) is 2.38. The van der Waals surface area contributed by atoms with Crippen molar-refractivity contribution in [2.75, 3.05) is 5.75 Å². The summed E-state index contributed by atoms with van der Waals surface area (Å²) in [5.74, 6) is 2.44. The molecule has 0 nitrogen and oxygen atoms in total. The quantitative estimate of drug-likeness (QED) is 0.647. The van der Waals surface area contributed by atoms with Gasteiger partial charge in [0.15, 0.2) is 0 Å². The third kappa shape index (κ3) is 6.78. The Balaban J connectivity index is 4.60. The molecule has 0 rings (SSSR count). The molecule has 2 unspecified atom stereocenters. The van der Waals surface area contributed by atoms with E-state index >= 15 is 0 Å². The maximum Gasteiger partial charge on any atom is 0.00761 e. The molecule has 0 radical (unpaired) electrons. The van der Waals surface area contributed by atoms with Gasteiger partial charge in [-0.25, -0.2) is 0 Å². The van der Waals surface area contributed by atoms with E-state index in [1.807, 2.05) is 0 Å². The van der Waals surface area contributed by atoms with E-state index in [-0.39, 0.29) is 4.75 Å². The van der Waals surface area contributed by atoms with Crippen LogP contribution in [0.15, 0.2) is 0 Å². The Kier molecular flexibility index (Phi) is 6.13. The topological polar surface area (TPSA) is 0 Å². The van der Waals surface area contributed by atoms with Crippen LogP contribution < -0.4 is 0 Å². The molecule has 92 valence electrons. The van der Waals surface area contributed by atoms with E-state index in [2.05, 4.69) is 66.8 Å². The highest BCUT2D eigenvalue weighted by molar-refractivity contribution is 7.81. The predicted molar refractivity (Wildman–Crippen MR) is 78.3 cm³/mol. The van der Waals surface area contributed by atoms with Crippen molar-refractivity contribution in [1.82, 2.24) is 0 Å². The van der Waals surface area contributed by atoms with Gasteiger partial charge in [0.2, 0.25) is 0 Å². The van der Waals surface area contributed by atoms with Gasteiger partial charge in [-0.2, -0.15) is 25.3 Å². The summed E-state index contributed by atoms with van der Waals surface area (Å²) in [6.45, 7) is 13.8. The van der Waals surface area contributed by atoms with Crippen LogP contribution in [0.1, 0.15) is 54.4 Å². The predicted octanol–water partition coefficient (Wildman–Crippen LogP) is 4.70. The van der Waals surface area contributed by atoms with Crippen molar-refractivity contribution >= 4 is 25.3 Å². The number of hydrogen-bond donors (Lipinski definition) is 2. The Labute approximate surface area is 107 Å². The Morgan fingerprint density at radius 2 is 1.53 bits per heavy atom. The molecule has 0 aromatic heterocycles. The van der Waals surface area contributed by atoms with Crippen molar-refractivity contribution in [3.05, 3.63) is 0 Å². The molecule has 15 heavy (non-hydrogen) atoms. The van der Waals surface area contributed by atoms with Crippen LogP contribution in [0.5, 0.6) is 0 Å². The van der Waals surface area contributed by atoms with E-state index in [1.165, 1.54) is 12.8 Å². The van der Waals surface area contributed by atoms with Crippen molar-refractivity contribution in [3.63, 3.8) is 0 Å². The summed E-state index contributed by atoms with van der Waals surface area (Å²) >= 11 is 9.01. The monoisotopic (exact) mass is 248 g/mol. The molecular weight excluding hydrogens is 220 g/mol. The van der Waals surface area contributed by atoms with E-state index < -0.39 is 0 Å². The number of thiol groups is 2. The molecule has 0 aromatic carbocycles. The lowest BCUT2D eigenvalue weighted by Gasteiger charge is -2.39. The van der Waals surface area contributed by atoms with Crippen LogP contribution in [0.25, 0.3) is 0 Å². The second-order valence-corrected chi connectivity index (χ2v) is 8.14. The normalized spacial score (nSPS) is 17.6. The number of rotatable bonds is 5. The Morgan fingerprint density at radius 3 is 1.80 bits per heavy atom. The SMILES string of the molecule is CC(CCS)C(CC(C)(C)S)C(C)(C)C. The largest absolute Gasteiger partial charge is 0.179 e. The summed E-state index contributed by atoms with van der Waals surface area (Å²) in [6, 6.07) is 0. The number of hydrogen-bond acceptors (Lipinski definition) is 2. The first-order chi connectivity index (χ1) is 6.58. The van der Waals surface area contributed by atoms with Gasteiger partial charge >= 0.3 is 0 Å². The first kappa shape index (κ1) is 15.7. The van der Waals surface area contributed by atoms with Gasteiger partial charge in [-0.15, -0.1) is 0 Å². The van der Waals surface area contributed by atoms with E-state index in [9.17, 15) is 0 Å². The van der Waals surface area contributed by atoms with Gasteiger partial charge in [-0.3, -0.25) is 0 Å². The standard InChI is InChI=1S/C13H28S2/c1-10(7-8-14)11(12(2,3)4)9-13(5,6)15/h10-11,14-15H,7-9H2,1-6H3. The first-order valence-corrected chi connectivity index (χ1v) is 6.99. The molecular formula is C13H28S2. The first-order valence-electron chi connectivity index (χ1n) is 5.91. The highest BCUT2D eigenvalue weighted by Gasteiger charge is 2.32. The second-order valence-electron chi connectivity index (χ2n) is 6.48. The molecule has 0 aliphatic rings. The molecule has 0 aromatic rings. The van der Waals surface area contributed by atoms with Crippen LogP contribution in [0.2, 0.25) is 0 Å². The molecule has 2 heteroatoms. The highest BCUT2D eigenvalue weighted by atomic mass is 32.1. The van der Waals surface area contributed by atoms with Crippen molar-refractivity contribution < 1.29 is 0 Å². The van der Waals surface area contributed by atoms with Gasteiger partial charge in [0.1, 0.15) is 0 Å². The molecule has 0 fully saturated rings. The van der Waals surface area contributed by atoms with Crippen LogP contribution >= 0.6 is 25.3 Å². The second kappa shape index (κ2) is 5.86. The fourth-order valence-electron chi connectivity index (χ4n) is 2.30. The summed E-state index contributed by atoms with van der Waals surface area (Å²) < 4.78 is 0.128. The maximum absolute atomic E-state index is 4.67. The molecule has 0 aliphatic heterocycles. The van der Waals surface area contributed by atoms with E-state index in [4.69, 9.17) is 0 Å².